The second kappa shape index (κ2) is 6.60. The van der Waals surface area contributed by atoms with E-state index in [9.17, 15) is 4.79 Å². The minimum atomic E-state index is -0.968. The Hall–Kier alpha value is -2.05. The molecule has 1 aromatic carbocycles. The summed E-state index contributed by atoms with van der Waals surface area (Å²) in [4.78, 5) is 19.3. The Kier molecular flexibility index (Phi) is 4.54. The Morgan fingerprint density at radius 2 is 2.00 bits per heavy atom. The number of halogens is 2. The van der Waals surface area contributed by atoms with Crippen molar-refractivity contribution in [1.82, 2.24) is 9.97 Å². The summed E-state index contributed by atoms with van der Waals surface area (Å²) < 4.78 is 0. The molecule has 1 aliphatic carbocycles. The zero-order valence-electron chi connectivity index (χ0n) is 12.0. The SMILES string of the molecule is O=C(O)CNc1nc(Nc2ccc(Cl)c(Cl)c2)cc(C2CC2)n1. The second-order valence-electron chi connectivity index (χ2n) is 5.28. The molecule has 3 rings (SSSR count). The van der Waals surface area contributed by atoms with Gasteiger partial charge in [0.15, 0.2) is 0 Å². The summed E-state index contributed by atoms with van der Waals surface area (Å²) in [5, 5.41) is 15.5. The van der Waals surface area contributed by atoms with Crippen molar-refractivity contribution < 1.29 is 9.90 Å². The van der Waals surface area contributed by atoms with Gasteiger partial charge in [0.25, 0.3) is 0 Å². The van der Waals surface area contributed by atoms with Crippen LogP contribution in [0.1, 0.15) is 24.5 Å². The van der Waals surface area contributed by atoms with Crippen LogP contribution in [0.25, 0.3) is 0 Å². The molecule has 1 heterocycles. The first-order chi connectivity index (χ1) is 11.0. The van der Waals surface area contributed by atoms with Gasteiger partial charge in [0.1, 0.15) is 12.4 Å². The normalized spacial score (nSPS) is 13.7. The molecule has 1 aromatic heterocycles. The fraction of sp³-hybridized carbons (Fsp3) is 0.267. The smallest absolute Gasteiger partial charge is 0.322 e. The highest BCUT2D eigenvalue weighted by Gasteiger charge is 2.26. The van der Waals surface area contributed by atoms with Crippen molar-refractivity contribution in [1.29, 1.82) is 0 Å². The third kappa shape index (κ3) is 4.24. The molecule has 1 fully saturated rings. The summed E-state index contributed by atoms with van der Waals surface area (Å²) in [5.74, 6) is 0.315. The third-order valence-electron chi connectivity index (χ3n) is 3.33. The molecule has 0 unspecified atom stereocenters. The van der Waals surface area contributed by atoms with Crippen molar-refractivity contribution in [3.63, 3.8) is 0 Å². The zero-order chi connectivity index (χ0) is 16.4. The van der Waals surface area contributed by atoms with Crippen LogP contribution < -0.4 is 10.6 Å². The number of nitrogens with zero attached hydrogens (tertiary/aromatic N) is 2. The minimum absolute atomic E-state index is 0.236. The Morgan fingerprint density at radius 1 is 1.22 bits per heavy atom. The maximum absolute atomic E-state index is 10.7. The molecule has 6 nitrogen and oxygen atoms in total. The maximum atomic E-state index is 10.7. The van der Waals surface area contributed by atoms with Gasteiger partial charge >= 0.3 is 5.97 Å². The van der Waals surface area contributed by atoms with Gasteiger partial charge in [-0.15, -0.1) is 0 Å². The van der Waals surface area contributed by atoms with Crippen LogP contribution >= 0.6 is 23.2 Å². The molecule has 0 aliphatic heterocycles. The van der Waals surface area contributed by atoms with Crippen LogP contribution in [-0.4, -0.2) is 27.6 Å². The molecule has 120 valence electrons. The highest BCUT2D eigenvalue weighted by Crippen LogP contribution is 2.40. The molecule has 2 aromatic rings. The predicted molar refractivity (Wildman–Crippen MR) is 89.9 cm³/mol. The van der Waals surface area contributed by atoms with Gasteiger partial charge in [0, 0.05) is 17.7 Å². The van der Waals surface area contributed by atoms with E-state index >= 15 is 0 Å². The number of carboxylic acids is 1. The molecular weight excluding hydrogens is 339 g/mol. The second-order valence-corrected chi connectivity index (χ2v) is 6.09. The van der Waals surface area contributed by atoms with Gasteiger partial charge in [0.2, 0.25) is 5.95 Å². The van der Waals surface area contributed by atoms with E-state index in [-0.39, 0.29) is 6.54 Å². The van der Waals surface area contributed by atoms with Crippen LogP contribution in [-0.2, 0) is 4.79 Å². The van der Waals surface area contributed by atoms with E-state index in [0.717, 1.165) is 24.2 Å². The summed E-state index contributed by atoms with van der Waals surface area (Å²) >= 11 is 11.9. The van der Waals surface area contributed by atoms with Crippen LogP contribution in [0, 0.1) is 0 Å². The van der Waals surface area contributed by atoms with Gasteiger partial charge < -0.3 is 15.7 Å². The highest BCUT2D eigenvalue weighted by molar-refractivity contribution is 6.42. The molecule has 1 aliphatic rings. The summed E-state index contributed by atoms with van der Waals surface area (Å²) in [6, 6.07) is 7.05. The molecule has 0 bridgehead atoms. The Balaban J connectivity index is 1.84. The average molecular weight is 353 g/mol. The molecule has 23 heavy (non-hydrogen) atoms. The third-order valence-corrected chi connectivity index (χ3v) is 4.07. The zero-order valence-corrected chi connectivity index (χ0v) is 13.5. The lowest BCUT2D eigenvalue weighted by molar-refractivity contribution is -0.134. The molecule has 0 saturated heterocycles. The molecule has 3 N–H and O–H groups in total. The fourth-order valence-corrected chi connectivity index (χ4v) is 2.37. The number of nitrogens with one attached hydrogen (secondary N) is 2. The topological polar surface area (TPSA) is 87.1 Å². The van der Waals surface area contributed by atoms with E-state index in [1.807, 2.05) is 6.07 Å². The van der Waals surface area contributed by atoms with Gasteiger partial charge in [0.05, 0.1) is 15.7 Å². The van der Waals surface area contributed by atoms with E-state index in [1.165, 1.54) is 0 Å². The quantitative estimate of drug-likeness (QED) is 0.730. The molecule has 0 amide bonds. The molecule has 0 spiro atoms. The van der Waals surface area contributed by atoms with Gasteiger partial charge in [-0.05, 0) is 31.0 Å². The summed E-state index contributed by atoms with van der Waals surface area (Å²) in [5.41, 5.74) is 1.64. The number of carboxylic acid groups (broad SMARTS) is 1. The number of rotatable bonds is 6. The lowest BCUT2D eigenvalue weighted by atomic mass is 10.2. The standard InChI is InChI=1S/C15H14Cl2N4O2/c16-10-4-3-9(5-11(10)17)19-13-6-12(8-1-2-8)20-15(21-13)18-7-14(22)23/h3-6,8H,1-2,7H2,(H,22,23)(H2,18,19,20,21). The number of anilines is 3. The predicted octanol–water partition coefficient (Wildman–Crippen LogP) is 3.90. The van der Waals surface area contributed by atoms with E-state index < -0.39 is 5.97 Å². The first kappa shape index (κ1) is 15.8. The Morgan fingerprint density at radius 3 is 2.65 bits per heavy atom. The number of benzene rings is 1. The Bertz CT molecular complexity index is 750. The first-order valence-corrected chi connectivity index (χ1v) is 7.83. The lowest BCUT2D eigenvalue weighted by Crippen LogP contribution is -2.15. The minimum Gasteiger partial charge on any atom is -0.480 e. The van der Waals surface area contributed by atoms with Crippen molar-refractivity contribution in [2.75, 3.05) is 17.2 Å². The monoisotopic (exact) mass is 352 g/mol. The fourth-order valence-electron chi connectivity index (χ4n) is 2.07. The molecule has 0 radical (unpaired) electrons. The summed E-state index contributed by atoms with van der Waals surface area (Å²) in [7, 11) is 0. The van der Waals surface area contributed by atoms with E-state index in [0.29, 0.717) is 27.7 Å². The van der Waals surface area contributed by atoms with E-state index in [1.54, 1.807) is 18.2 Å². The number of hydrogen-bond acceptors (Lipinski definition) is 5. The molecule has 1 saturated carbocycles. The summed E-state index contributed by atoms with van der Waals surface area (Å²) in [6.45, 7) is -0.236. The number of aromatic nitrogens is 2. The first-order valence-electron chi connectivity index (χ1n) is 7.08. The van der Waals surface area contributed by atoms with Crippen LogP contribution in [0.15, 0.2) is 24.3 Å². The van der Waals surface area contributed by atoms with Crippen molar-refractivity contribution in [2.24, 2.45) is 0 Å². The van der Waals surface area contributed by atoms with Crippen LogP contribution in [0.5, 0.6) is 0 Å². The van der Waals surface area contributed by atoms with E-state index in [2.05, 4.69) is 20.6 Å². The average Bonchev–Trinajstić information content (AvgIpc) is 3.33. The highest BCUT2D eigenvalue weighted by atomic mass is 35.5. The van der Waals surface area contributed by atoms with Crippen molar-refractivity contribution >= 4 is 46.6 Å². The molecule has 0 atom stereocenters. The molecule has 8 heteroatoms. The maximum Gasteiger partial charge on any atom is 0.322 e. The summed E-state index contributed by atoms with van der Waals surface area (Å²) in [6.07, 6.45) is 2.17. The van der Waals surface area contributed by atoms with Gasteiger partial charge in [-0.25, -0.2) is 4.98 Å². The van der Waals surface area contributed by atoms with Gasteiger partial charge in [-0.3, -0.25) is 4.79 Å². The van der Waals surface area contributed by atoms with Crippen LogP contribution in [0.4, 0.5) is 17.5 Å². The molecular formula is C15H14Cl2N4O2. The van der Waals surface area contributed by atoms with Crippen molar-refractivity contribution in [3.05, 3.63) is 40.0 Å². The number of hydrogen-bond donors (Lipinski definition) is 3. The number of aliphatic carboxylic acids is 1. The van der Waals surface area contributed by atoms with Gasteiger partial charge in [-0.2, -0.15) is 4.98 Å². The largest absolute Gasteiger partial charge is 0.480 e. The lowest BCUT2D eigenvalue weighted by Gasteiger charge is -2.11. The van der Waals surface area contributed by atoms with Crippen LogP contribution in [0.2, 0.25) is 10.0 Å². The van der Waals surface area contributed by atoms with Crippen molar-refractivity contribution in [2.45, 2.75) is 18.8 Å². The van der Waals surface area contributed by atoms with Crippen molar-refractivity contribution in [3.8, 4) is 0 Å². The number of carbonyl (C=O) groups is 1. The van der Waals surface area contributed by atoms with E-state index in [4.69, 9.17) is 28.3 Å². The van der Waals surface area contributed by atoms with Gasteiger partial charge in [-0.1, -0.05) is 23.2 Å². The Labute approximate surface area is 142 Å². The van der Waals surface area contributed by atoms with Crippen LogP contribution in [0.3, 0.4) is 0 Å².